The summed E-state index contributed by atoms with van der Waals surface area (Å²) in [5.74, 6) is 0. The zero-order valence-corrected chi connectivity index (χ0v) is 11.6. The van der Waals surface area contributed by atoms with Crippen molar-refractivity contribution < 1.29 is 0 Å². The van der Waals surface area contributed by atoms with Crippen molar-refractivity contribution in [1.82, 2.24) is 9.78 Å². The SMILES string of the molecule is NCCCc1cnn(-c2cccc(Br)c2)c1Cl. The van der Waals surface area contributed by atoms with E-state index in [0.717, 1.165) is 28.6 Å². The van der Waals surface area contributed by atoms with Crippen LogP contribution in [0.1, 0.15) is 12.0 Å². The molecule has 0 radical (unpaired) electrons. The quantitative estimate of drug-likeness (QED) is 0.942. The molecule has 0 amide bonds. The van der Waals surface area contributed by atoms with Gasteiger partial charge >= 0.3 is 0 Å². The van der Waals surface area contributed by atoms with E-state index in [1.54, 1.807) is 10.9 Å². The lowest BCUT2D eigenvalue weighted by Gasteiger charge is -2.04. The molecule has 2 N–H and O–H groups in total. The van der Waals surface area contributed by atoms with Crippen molar-refractivity contribution in [3.05, 3.63) is 45.7 Å². The summed E-state index contributed by atoms with van der Waals surface area (Å²) >= 11 is 9.72. The van der Waals surface area contributed by atoms with Crippen molar-refractivity contribution in [1.29, 1.82) is 0 Å². The van der Waals surface area contributed by atoms with Crippen LogP contribution < -0.4 is 5.73 Å². The van der Waals surface area contributed by atoms with Crippen molar-refractivity contribution in [2.75, 3.05) is 6.54 Å². The Labute approximate surface area is 114 Å². The van der Waals surface area contributed by atoms with Gasteiger partial charge in [0.25, 0.3) is 0 Å². The molecular formula is C12H13BrClN3. The molecule has 3 nitrogen and oxygen atoms in total. The van der Waals surface area contributed by atoms with Crippen molar-refractivity contribution in [3.63, 3.8) is 0 Å². The van der Waals surface area contributed by atoms with Crippen molar-refractivity contribution in [2.24, 2.45) is 5.73 Å². The summed E-state index contributed by atoms with van der Waals surface area (Å²) in [5.41, 5.74) is 7.47. The zero-order chi connectivity index (χ0) is 12.3. The topological polar surface area (TPSA) is 43.8 Å². The minimum Gasteiger partial charge on any atom is -0.330 e. The summed E-state index contributed by atoms with van der Waals surface area (Å²) < 4.78 is 2.74. The van der Waals surface area contributed by atoms with E-state index < -0.39 is 0 Å². The van der Waals surface area contributed by atoms with Gasteiger partial charge in [-0.25, -0.2) is 4.68 Å². The molecule has 0 saturated heterocycles. The van der Waals surface area contributed by atoms with Gasteiger partial charge in [-0.15, -0.1) is 0 Å². The number of hydrogen-bond donors (Lipinski definition) is 1. The van der Waals surface area contributed by atoms with Gasteiger partial charge in [-0.1, -0.05) is 33.6 Å². The predicted octanol–water partition coefficient (Wildman–Crippen LogP) is 3.18. The molecule has 90 valence electrons. The lowest BCUT2D eigenvalue weighted by Crippen LogP contribution is -2.00. The number of halogens is 2. The molecule has 0 aliphatic carbocycles. The normalized spacial score (nSPS) is 10.8. The maximum absolute atomic E-state index is 6.29. The average molecular weight is 315 g/mol. The third kappa shape index (κ3) is 2.89. The summed E-state index contributed by atoms with van der Waals surface area (Å²) in [5, 5.41) is 4.97. The Morgan fingerprint density at radius 2 is 2.24 bits per heavy atom. The van der Waals surface area contributed by atoms with Crippen molar-refractivity contribution in [2.45, 2.75) is 12.8 Å². The van der Waals surface area contributed by atoms with Crippen LogP contribution in [0.2, 0.25) is 5.15 Å². The molecule has 0 aliphatic rings. The van der Waals surface area contributed by atoms with Crippen LogP contribution in [0.5, 0.6) is 0 Å². The molecule has 5 heteroatoms. The molecular weight excluding hydrogens is 302 g/mol. The van der Waals surface area contributed by atoms with Gasteiger partial charge in [0.2, 0.25) is 0 Å². The molecule has 2 rings (SSSR count). The van der Waals surface area contributed by atoms with E-state index in [0.29, 0.717) is 11.7 Å². The molecule has 0 unspecified atom stereocenters. The largest absolute Gasteiger partial charge is 0.330 e. The van der Waals surface area contributed by atoms with Gasteiger partial charge in [-0.05, 0) is 37.6 Å². The summed E-state index contributed by atoms with van der Waals surface area (Å²) in [6.45, 7) is 0.665. The summed E-state index contributed by atoms with van der Waals surface area (Å²) in [7, 11) is 0. The third-order valence-corrected chi connectivity index (χ3v) is 3.38. The lowest BCUT2D eigenvalue weighted by atomic mass is 10.2. The molecule has 0 aliphatic heterocycles. The van der Waals surface area contributed by atoms with Gasteiger partial charge in [0.1, 0.15) is 5.15 Å². The first-order valence-corrected chi connectivity index (χ1v) is 6.58. The fourth-order valence-electron chi connectivity index (χ4n) is 1.62. The first kappa shape index (κ1) is 12.6. The minimum absolute atomic E-state index is 0.663. The molecule has 0 atom stereocenters. The van der Waals surface area contributed by atoms with Gasteiger partial charge in [-0.3, -0.25) is 0 Å². The highest BCUT2D eigenvalue weighted by molar-refractivity contribution is 9.10. The van der Waals surface area contributed by atoms with Crippen LogP contribution in [0.15, 0.2) is 34.9 Å². The predicted molar refractivity (Wildman–Crippen MR) is 73.6 cm³/mol. The van der Waals surface area contributed by atoms with Crippen LogP contribution in [-0.2, 0) is 6.42 Å². The number of rotatable bonds is 4. The number of nitrogens with two attached hydrogens (primary N) is 1. The zero-order valence-electron chi connectivity index (χ0n) is 9.24. The van der Waals surface area contributed by atoms with Gasteiger partial charge in [0.15, 0.2) is 0 Å². The monoisotopic (exact) mass is 313 g/mol. The highest BCUT2D eigenvalue weighted by atomic mass is 79.9. The standard InChI is InChI=1S/C12H13BrClN3/c13-10-4-1-5-11(7-10)17-12(14)9(8-16-17)3-2-6-15/h1,4-5,7-8H,2-3,6,15H2. The van der Waals surface area contributed by atoms with Crippen molar-refractivity contribution >= 4 is 27.5 Å². The third-order valence-electron chi connectivity index (χ3n) is 2.48. The maximum Gasteiger partial charge on any atom is 0.136 e. The van der Waals surface area contributed by atoms with Gasteiger partial charge in [-0.2, -0.15) is 5.10 Å². The molecule has 0 spiro atoms. The van der Waals surface area contributed by atoms with E-state index in [4.69, 9.17) is 17.3 Å². The number of nitrogens with zero attached hydrogens (tertiary/aromatic N) is 2. The second-order valence-corrected chi connectivity index (χ2v) is 5.02. The Bertz CT molecular complexity index is 510. The van der Waals surface area contributed by atoms with Crippen molar-refractivity contribution in [3.8, 4) is 5.69 Å². The Kier molecular flexibility index (Phi) is 4.20. The molecule has 0 saturated carbocycles. The van der Waals surface area contributed by atoms with Gasteiger partial charge < -0.3 is 5.73 Å². The van der Waals surface area contributed by atoms with E-state index in [1.165, 1.54) is 0 Å². The van der Waals surface area contributed by atoms with Crippen LogP contribution >= 0.6 is 27.5 Å². The van der Waals surface area contributed by atoms with Crippen LogP contribution in [-0.4, -0.2) is 16.3 Å². The number of hydrogen-bond acceptors (Lipinski definition) is 2. The van der Waals surface area contributed by atoms with E-state index in [1.807, 2.05) is 24.3 Å². The molecule has 17 heavy (non-hydrogen) atoms. The smallest absolute Gasteiger partial charge is 0.136 e. The van der Waals surface area contributed by atoms with Crippen LogP contribution in [0, 0.1) is 0 Å². The summed E-state index contributed by atoms with van der Waals surface area (Å²) in [6, 6.07) is 7.87. The Hall–Kier alpha value is -0.840. The molecule has 0 bridgehead atoms. The van der Waals surface area contributed by atoms with E-state index in [9.17, 15) is 0 Å². The fourth-order valence-corrected chi connectivity index (χ4v) is 2.29. The maximum atomic E-state index is 6.29. The van der Waals surface area contributed by atoms with Crippen LogP contribution in [0.25, 0.3) is 5.69 Å². The second kappa shape index (κ2) is 5.67. The van der Waals surface area contributed by atoms with Gasteiger partial charge in [0, 0.05) is 10.0 Å². The fraction of sp³-hybridized carbons (Fsp3) is 0.250. The average Bonchev–Trinajstić information content (AvgIpc) is 2.68. The molecule has 1 aromatic heterocycles. The Morgan fingerprint density at radius 3 is 2.94 bits per heavy atom. The molecule has 2 aromatic rings. The number of aryl methyl sites for hydroxylation is 1. The number of benzene rings is 1. The molecule has 0 fully saturated rings. The lowest BCUT2D eigenvalue weighted by molar-refractivity contribution is 0.831. The number of aromatic nitrogens is 2. The Balaban J connectivity index is 2.30. The van der Waals surface area contributed by atoms with Crippen LogP contribution in [0.4, 0.5) is 0 Å². The van der Waals surface area contributed by atoms with Crippen LogP contribution in [0.3, 0.4) is 0 Å². The first-order chi connectivity index (χ1) is 8.22. The molecule has 1 aromatic carbocycles. The van der Waals surface area contributed by atoms with Gasteiger partial charge in [0.05, 0.1) is 11.9 Å². The van der Waals surface area contributed by atoms with E-state index in [-0.39, 0.29) is 0 Å². The summed E-state index contributed by atoms with van der Waals surface area (Å²) in [6.07, 6.45) is 3.59. The minimum atomic E-state index is 0.663. The van der Waals surface area contributed by atoms with E-state index >= 15 is 0 Å². The second-order valence-electron chi connectivity index (χ2n) is 3.74. The Morgan fingerprint density at radius 1 is 1.41 bits per heavy atom. The van der Waals surface area contributed by atoms with E-state index in [2.05, 4.69) is 21.0 Å². The molecule has 1 heterocycles. The highest BCUT2D eigenvalue weighted by Crippen LogP contribution is 2.23. The highest BCUT2D eigenvalue weighted by Gasteiger charge is 2.09. The summed E-state index contributed by atoms with van der Waals surface area (Å²) in [4.78, 5) is 0. The first-order valence-electron chi connectivity index (χ1n) is 5.41.